The highest BCUT2D eigenvalue weighted by Gasteiger charge is 2.25. The van der Waals surface area contributed by atoms with Gasteiger partial charge in [-0.3, -0.25) is 19.2 Å². The van der Waals surface area contributed by atoms with Crippen molar-refractivity contribution in [2.45, 2.75) is 0 Å². The molecule has 5 aromatic carbocycles. The van der Waals surface area contributed by atoms with E-state index < -0.39 is 5.97 Å². The van der Waals surface area contributed by atoms with Gasteiger partial charge in [0, 0.05) is 27.6 Å². The first-order valence-electron chi connectivity index (χ1n) is 9.99. The summed E-state index contributed by atoms with van der Waals surface area (Å²) >= 11 is 0. The molecule has 0 unspecified atom stereocenters. The minimum atomic E-state index is -1.32. The largest absolute Gasteiger partial charge is 0.478 e. The van der Waals surface area contributed by atoms with Gasteiger partial charge < -0.3 is 5.11 Å². The molecule has 0 aliphatic heterocycles. The number of rotatable bonds is 5. The summed E-state index contributed by atoms with van der Waals surface area (Å²) in [6, 6.07) is 16.8. The fourth-order valence-corrected chi connectivity index (χ4v) is 4.63. The summed E-state index contributed by atoms with van der Waals surface area (Å²) < 4.78 is 0. The lowest BCUT2D eigenvalue weighted by Crippen LogP contribution is -2.09. The predicted octanol–water partition coefficient (Wildman–Crippen LogP) is 5.25. The molecule has 6 heteroatoms. The van der Waals surface area contributed by atoms with Gasteiger partial charge in [-0.15, -0.1) is 0 Å². The zero-order chi connectivity index (χ0) is 23.3. The molecule has 5 rings (SSSR count). The number of aromatic carboxylic acids is 1. The summed E-state index contributed by atoms with van der Waals surface area (Å²) in [7, 11) is 0. The Kier molecular flexibility index (Phi) is 4.57. The third kappa shape index (κ3) is 2.85. The number of carboxylic acids is 1. The normalized spacial score (nSPS) is 11.2. The molecule has 0 bridgehead atoms. The Labute approximate surface area is 186 Å². The fraction of sp³-hybridized carbons (Fsp3) is 0. The van der Waals surface area contributed by atoms with Crippen molar-refractivity contribution in [1.82, 2.24) is 0 Å². The minimum Gasteiger partial charge on any atom is -0.478 e. The molecule has 1 N–H and O–H groups in total. The third-order valence-corrected chi connectivity index (χ3v) is 6.08. The van der Waals surface area contributed by atoms with Crippen LogP contribution in [0.25, 0.3) is 43.1 Å². The summed E-state index contributed by atoms with van der Waals surface area (Å²) in [5, 5.41) is 14.8. The van der Waals surface area contributed by atoms with Gasteiger partial charge in [-0.2, -0.15) is 0 Å². The van der Waals surface area contributed by atoms with Crippen molar-refractivity contribution in [3.05, 3.63) is 82.4 Å². The van der Waals surface area contributed by atoms with E-state index in [9.17, 15) is 29.1 Å². The van der Waals surface area contributed by atoms with Gasteiger partial charge in [0.1, 0.15) is 0 Å². The van der Waals surface area contributed by atoms with Crippen LogP contribution in [0.4, 0.5) is 0 Å². The highest BCUT2D eigenvalue weighted by molar-refractivity contribution is 6.26. The zero-order valence-electron chi connectivity index (χ0n) is 17.0. The van der Waals surface area contributed by atoms with Crippen LogP contribution in [0.15, 0.2) is 54.6 Å². The summed E-state index contributed by atoms with van der Waals surface area (Å²) in [6.45, 7) is 0. The van der Waals surface area contributed by atoms with E-state index in [1.165, 1.54) is 0 Å². The second-order valence-corrected chi connectivity index (χ2v) is 7.73. The molecule has 0 heterocycles. The maximum atomic E-state index is 12.4. The topological polar surface area (TPSA) is 106 Å². The number of benzene rings is 5. The molecule has 0 atom stereocenters. The van der Waals surface area contributed by atoms with E-state index >= 15 is 0 Å². The molecule has 0 aliphatic rings. The molecule has 5 aromatic rings. The summed E-state index contributed by atoms with van der Waals surface area (Å²) in [6.07, 6.45) is 1.37. The van der Waals surface area contributed by atoms with E-state index in [2.05, 4.69) is 0 Å². The quantitative estimate of drug-likeness (QED) is 0.299. The number of fused-ring (bicyclic) bond motifs is 4. The predicted molar refractivity (Wildman–Crippen MR) is 125 cm³/mol. The van der Waals surface area contributed by atoms with Gasteiger partial charge in [0.05, 0.1) is 5.56 Å². The van der Waals surface area contributed by atoms with Crippen molar-refractivity contribution in [1.29, 1.82) is 0 Å². The molecule has 0 amide bonds. The standard InChI is InChI=1S/C27H14O6/c28-10-21-20-9-18-7-16-5-14-3-1-2-4-15(14)6-17(16)8-19(18)26(27(32)33)25(20)24(13-31)23(12-30)22(21)11-29/h1-13H,(H,32,33). The third-order valence-electron chi connectivity index (χ3n) is 6.08. The molecule has 33 heavy (non-hydrogen) atoms. The van der Waals surface area contributed by atoms with E-state index in [1.807, 2.05) is 42.5 Å². The van der Waals surface area contributed by atoms with E-state index in [4.69, 9.17) is 0 Å². The Hall–Kier alpha value is -4.71. The molecule has 0 aromatic heterocycles. The molecule has 158 valence electrons. The number of carbonyl (C=O) groups excluding carboxylic acids is 4. The Bertz CT molecular complexity index is 1710. The molecule has 0 saturated heterocycles. The van der Waals surface area contributed by atoms with Crippen molar-refractivity contribution in [3.8, 4) is 0 Å². The lowest BCUT2D eigenvalue weighted by molar-refractivity contribution is 0.0700. The number of carboxylic acid groups (broad SMARTS) is 1. The highest BCUT2D eigenvalue weighted by atomic mass is 16.4. The lowest BCUT2D eigenvalue weighted by Gasteiger charge is -2.16. The molecule has 0 fully saturated rings. The van der Waals surface area contributed by atoms with Crippen LogP contribution >= 0.6 is 0 Å². The van der Waals surface area contributed by atoms with Crippen LogP contribution in [-0.2, 0) is 0 Å². The van der Waals surface area contributed by atoms with Gasteiger partial charge in [-0.05, 0) is 68.0 Å². The summed E-state index contributed by atoms with van der Waals surface area (Å²) in [5.41, 5.74) is -1.11. The first-order valence-corrected chi connectivity index (χ1v) is 9.99. The molecule has 0 radical (unpaired) electrons. The number of hydrogen-bond donors (Lipinski definition) is 1. The van der Waals surface area contributed by atoms with Gasteiger partial charge in [-0.25, -0.2) is 4.79 Å². The van der Waals surface area contributed by atoms with Crippen molar-refractivity contribution >= 4 is 74.2 Å². The van der Waals surface area contributed by atoms with Crippen molar-refractivity contribution in [2.75, 3.05) is 0 Å². The minimum absolute atomic E-state index is 0.0417. The molecular formula is C27H14O6. The molecular weight excluding hydrogens is 420 g/mol. The van der Waals surface area contributed by atoms with E-state index in [-0.39, 0.29) is 38.6 Å². The Morgan fingerprint density at radius 1 is 0.576 bits per heavy atom. The monoisotopic (exact) mass is 434 g/mol. The maximum absolute atomic E-state index is 12.4. The van der Waals surface area contributed by atoms with Gasteiger partial charge in [0.2, 0.25) is 0 Å². The number of hydrogen-bond acceptors (Lipinski definition) is 5. The Morgan fingerprint density at radius 2 is 1.06 bits per heavy atom. The van der Waals surface area contributed by atoms with Crippen LogP contribution in [0.5, 0.6) is 0 Å². The Balaban J connectivity index is 2.08. The van der Waals surface area contributed by atoms with Crippen molar-refractivity contribution in [3.63, 3.8) is 0 Å². The maximum Gasteiger partial charge on any atom is 0.336 e. The first kappa shape index (κ1) is 20.2. The van der Waals surface area contributed by atoms with Crippen LogP contribution in [0.2, 0.25) is 0 Å². The van der Waals surface area contributed by atoms with Gasteiger partial charge >= 0.3 is 5.97 Å². The average Bonchev–Trinajstić information content (AvgIpc) is 2.82. The zero-order valence-corrected chi connectivity index (χ0v) is 17.0. The molecule has 0 spiro atoms. The second-order valence-electron chi connectivity index (χ2n) is 7.73. The number of carbonyl (C=O) groups is 5. The Morgan fingerprint density at radius 3 is 1.61 bits per heavy atom. The number of aldehydes is 4. The fourth-order valence-electron chi connectivity index (χ4n) is 4.63. The van der Waals surface area contributed by atoms with Crippen LogP contribution < -0.4 is 0 Å². The smallest absolute Gasteiger partial charge is 0.336 e. The SMILES string of the molecule is O=Cc1c(C=O)c(C=O)c2c(C(=O)O)c3cc4cc5ccccc5cc4cc3cc2c1C=O. The van der Waals surface area contributed by atoms with E-state index in [1.54, 1.807) is 12.1 Å². The summed E-state index contributed by atoms with van der Waals surface area (Å²) in [5.74, 6) is -1.32. The highest BCUT2D eigenvalue weighted by Crippen LogP contribution is 2.37. The average molecular weight is 434 g/mol. The van der Waals surface area contributed by atoms with Crippen LogP contribution in [0.3, 0.4) is 0 Å². The van der Waals surface area contributed by atoms with Crippen molar-refractivity contribution < 1.29 is 29.1 Å². The van der Waals surface area contributed by atoms with Gasteiger partial charge in [-0.1, -0.05) is 24.3 Å². The first-order chi connectivity index (χ1) is 16.0. The second kappa shape index (κ2) is 7.46. The molecule has 0 aliphatic carbocycles. The van der Waals surface area contributed by atoms with Gasteiger partial charge in [0.25, 0.3) is 0 Å². The van der Waals surface area contributed by atoms with Crippen LogP contribution in [-0.4, -0.2) is 36.2 Å². The molecule has 6 nitrogen and oxygen atoms in total. The van der Waals surface area contributed by atoms with E-state index in [0.29, 0.717) is 35.9 Å². The van der Waals surface area contributed by atoms with Crippen LogP contribution in [0.1, 0.15) is 51.8 Å². The summed E-state index contributed by atoms with van der Waals surface area (Å²) in [4.78, 5) is 59.8. The van der Waals surface area contributed by atoms with Crippen LogP contribution in [0, 0.1) is 0 Å². The molecule has 0 saturated carbocycles. The van der Waals surface area contributed by atoms with E-state index in [0.717, 1.165) is 21.5 Å². The lowest BCUT2D eigenvalue weighted by atomic mass is 9.85. The van der Waals surface area contributed by atoms with Crippen molar-refractivity contribution in [2.24, 2.45) is 0 Å². The van der Waals surface area contributed by atoms with Gasteiger partial charge in [0.15, 0.2) is 25.1 Å².